The molecule has 0 aromatic carbocycles. The molecular weight excluding hydrogens is 230 g/mol. The van der Waals surface area contributed by atoms with E-state index >= 15 is 0 Å². The molecule has 0 fully saturated rings. The second-order valence-electron chi connectivity index (χ2n) is 3.99. The summed E-state index contributed by atoms with van der Waals surface area (Å²) in [4.78, 5) is 4.17. The quantitative estimate of drug-likeness (QED) is 0.755. The van der Waals surface area contributed by atoms with Gasteiger partial charge in [0, 0.05) is 16.7 Å². The van der Waals surface area contributed by atoms with Crippen LogP contribution in [0.15, 0.2) is 16.7 Å². The molecule has 0 amide bonds. The zero-order valence-electron chi connectivity index (χ0n) is 8.39. The molecule has 0 spiro atoms. The van der Waals surface area contributed by atoms with Gasteiger partial charge in [-0.05, 0) is 33.3 Å². The Kier molecular flexibility index (Phi) is 2.96. The maximum absolute atomic E-state index is 5.60. The standard InChI is InChI=1S/C10H14BrNO/c1-7-6-12-9(5-8(7)11)13-10(2,3)4/h5-6H,1-4H3. The first-order valence-electron chi connectivity index (χ1n) is 4.20. The second-order valence-corrected chi connectivity index (χ2v) is 4.84. The minimum absolute atomic E-state index is 0.193. The summed E-state index contributed by atoms with van der Waals surface area (Å²) in [6.07, 6.45) is 1.80. The average Bonchev–Trinajstić information content (AvgIpc) is 1.94. The van der Waals surface area contributed by atoms with Crippen LogP contribution in [-0.2, 0) is 0 Å². The maximum atomic E-state index is 5.60. The summed E-state index contributed by atoms with van der Waals surface area (Å²) in [5.74, 6) is 0.657. The highest BCUT2D eigenvalue weighted by Crippen LogP contribution is 2.22. The van der Waals surface area contributed by atoms with Crippen molar-refractivity contribution in [3.63, 3.8) is 0 Å². The molecule has 1 aromatic rings. The number of pyridine rings is 1. The zero-order valence-corrected chi connectivity index (χ0v) is 9.97. The highest BCUT2D eigenvalue weighted by atomic mass is 79.9. The predicted octanol–water partition coefficient (Wildman–Crippen LogP) is 3.33. The van der Waals surface area contributed by atoms with Gasteiger partial charge in [0.05, 0.1) is 0 Å². The average molecular weight is 244 g/mol. The molecule has 0 bridgehead atoms. The number of halogens is 1. The largest absolute Gasteiger partial charge is 0.472 e. The third-order valence-corrected chi connectivity index (χ3v) is 2.28. The highest BCUT2D eigenvalue weighted by molar-refractivity contribution is 9.10. The molecular formula is C10H14BrNO. The van der Waals surface area contributed by atoms with Crippen LogP contribution in [0, 0.1) is 6.92 Å². The molecule has 1 heterocycles. The van der Waals surface area contributed by atoms with Crippen LogP contribution in [0.5, 0.6) is 5.88 Å². The van der Waals surface area contributed by atoms with E-state index in [1.807, 2.05) is 33.8 Å². The van der Waals surface area contributed by atoms with Crippen LogP contribution in [0.3, 0.4) is 0 Å². The van der Waals surface area contributed by atoms with E-state index in [0.29, 0.717) is 5.88 Å². The maximum Gasteiger partial charge on any atom is 0.214 e. The topological polar surface area (TPSA) is 22.1 Å². The smallest absolute Gasteiger partial charge is 0.214 e. The summed E-state index contributed by atoms with van der Waals surface area (Å²) in [5.41, 5.74) is 0.920. The number of hydrogen-bond acceptors (Lipinski definition) is 2. The normalized spacial score (nSPS) is 11.5. The predicted molar refractivity (Wildman–Crippen MR) is 57.1 cm³/mol. The molecule has 0 saturated carbocycles. The summed E-state index contributed by atoms with van der Waals surface area (Å²) < 4.78 is 6.63. The fourth-order valence-electron chi connectivity index (χ4n) is 0.851. The van der Waals surface area contributed by atoms with Crippen molar-refractivity contribution >= 4 is 15.9 Å². The van der Waals surface area contributed by atoms with E-state index in [1.165, 1.54) is 0 Å². The Morgan fingerprint density at radius 3 is 2.46 bits per heavy atom. The van der Waals surface area contributed by atoms with Crippen LogP contribution in [0.1, 0.15) is 26.3 Å². The van der Waals surface area contributed by atoms with Gasteiger partial charge in [-0.25, -0.2) is 4.98 Å². The number of rotatable bonds is 1. The highest BCUT2D eigenvalue weighted by Gasteiger charge is 2.12. The number of nitrogens with zero attached hydrogens (tertiary/aromatic N) is 1. The minimum atomic E-state index is -0.193. The lowest BCUT2D eigenvalue weighted by Crippen LogP contribution is -2.23. The molecule has 72 valence electrons. The van der Waals surface area contributed by atoms with Crippen LogP contribution in [0.2, 0.25) is 0 Å². The lowest BCUT2D eigenvalue weighted by Gasteiger charge is -2.20. The van der Waals surface area contributed by atoms with Crippen LogP contribution in [0.4, 0.5) is 0 Å². The molecule has 1 rings (SSSR count). The first-order chi connectivity index (χ1) is 5.88. The van der Waals surface area contributed by atoms with Crippen molar-refractivity contribution in [1.82, 2.24) is 4.98 Å². The number of aryl methyl sites for hydroxylation is 1. The third-order valence-electron chi connectivity index (χ3n) is 1.42. The summed E-state index contributed by atoms with van der Waals surface area (Å²) in [6.45, 7) is 8.01. The molecule has 0 unspecified atom stereocenters. The Balaban J connectivity index is 2.86. The molecule has 0 radical (unpaired) electrons. The van der Waals surface area contributed by atoms with Crippen molar-refractivity contribution in [2.45, 2.75) is 33.3 Å². The van der Waals surface area contributed by atoms with Crippen molar-refractivity contribution in [2.75, 3.05) is 0 Å². The van der Waals surface area contributed by atoms with E-state index in [-0.39, 0.29) is 5.60 Å². The van der Waals surface area contributed by atoms with Gasteiger partial charge < -0.3 is 4.74 Å². The first-order valence-corrected chi connectivity index (χ1v) is 4.99. The van der Waals surface area contributed by atoms with Gasteiger partial charge in [0.1, 0.15) is 5.60 Å². The fraction of sp³-hybridized carbons (Fsp3) is 0.500. The Labute approximate surface area is 87.5 Å². The van der Waals surface area contributed by atoms with Gasteiger partial charge in [-0.3, -0.25) is 0 Å². The van der Waals surface area contributed by atoms with Crippen molar-refractivity contribution in [3.05, 3.63) is 22.3 Å². The second kappa shape index (κ2) is 3.66. The summed E-state index contributed by atoms with van der Waals surface area (Å²) in [6, 6.07) is 1.89. The molecule has 2 nitrogen and oxygen atoms in total. The molecule has 3 heteroatoms. The lowest BCUT2D eigenvalue weighted by molar-refractivity contribution is 0.124. The minimum Gasteiger partial charge on any atom is -0.472 e. The fourth-order valence-corrected chi connectivity index (χ4v) is 1.15. The zero-order chi connectivity index (χ0) is 10.1. The van der Waals surface area contributed by atoms with Gasteiger partial charge in [0.15, 0.2) is 0 Å². The van der Waals surface area contributed by atoms with Crippen molar-refractivity contribution in [3.8, 4) is 5.88 Å². The Morgan fingerprint density at radius 1 is 1.38 bits per heavy atom. The van der Waals surface area contributed by atoms with Crippen LogP contribution in [0.25, 0.3) is 0 Å². The molecule has 1 aromatic heterocycles. The summed E-state index contributed by atoms with van der Waals surface area (Å²) >= 11 is 3.43. The Hall–Kier alpha value is -0.570. The molecule has 0 atom stereocenters. The van der Waals surface area contributed by atoms with Crippen LogP contribution < -0.4 is 4.74 Å². The third kappa shape index (κ3) is 3.35. The van der Waals surface area contributed by atoms with E-state index in [1.54, 1.807) is 6.20 Å². The molecule has 0 aliphatic rings. The van der Waals surface area contributed by atoms with Gasteiger partial charge in [-0.2, -0.15) is 0 Å². The van der Waals surface area contributed by atoms with E-state index in [0.717, 1.165) is 10.0 Å². The Bertz CT molecular complexity index is 304. The SMILES string of the molecule is Cc1cnc(OC(C)(C)C)cc1Br. The van der Waals surface area contributed by atoms with Crippen molar-refractivity contribution in [2.24, 2.45) is 0 Å². The van der Waals surface area contributed by atoms with E-state index in [4.69, 9.17) is 4.74 Å². The molecule has 0 aliphatic carbocycles. The van der Waals surface area contributed by atoms with Crippen LogP contribution >= 0.6 is 15.9 Å². The summed E-state index contributed by atoms with van der Waals surface area (Å²) in [5, 5.41) is 0. The van der Waals surface area contributed by atoms with E-state index in [9.17, 15) is 0 Å². The van der Waals surface area contributed by atoms with Crippen molar-refractivity contribution < 1.29 is 4.74 Å². The number of ether oxygens (including phenoxy) is 1. The number of hydrogen-bond donors (Lipinski definition) is 0. The van der Waals surface area contributed by atoms with Gasteiger partial charge in [-0.15, -0.1) is 0 Å². The van der Waals surface area contributed by atoms with E-state index < -0.39 is 0 Å². The van der Waals surface area contributed by atoms with E-state index in [2.05, 4.69) is 20.9 Å². The first kappa shape index (κ1) is 10.5. The lowest BCUT2D eigenvalue weighted by atomic mass is 10.2. The molecule has 0 saturated heterocycles. The van der Waals surface area contributed by atoms with Crippen molar-refractivity contribution in [1.29, 1.82) is 0 Å². The van der Waals surface area contributed by atoms with Crippen LogP contribution in [-0.4, -0.2) is 10.6 Å². The number of aromatic nitrogens is 1. The Morgan fingerprint density at radius 2 is 2.00 bits per heavy atom. The molecule has 0 N–H and O–H groups in total. The molecule has 13 heavy (non-hydrogen) atoms. The van der Waals surface area contributed by atoms with Gasteiger partial charge >= 0.3 is 0 Å². The van der Waals surface area contributed by atoms with Gasteiger partial charge in [0.25, 0.3) is 0 Å². The molecule has 0 aliphatic heterocycles. The van der Waals surface area contributed by atoms with Gasteiger partial charge in [-0.1, -0.05) is 15.9 Å². The monoisotopic (exact) mass is 243 g/mol. The summed E-state index contributed by atoms with van der Waals surface area (Å²) in [7, 11) is 0. The van der Waals surface area contributed by atoms with Gasteiger partial charge in [0.2, 0.25) is 5.88 Å².